The van der Waals surface area contributed by atoms with Gasteiger partial charge in [-0.2, -0.15) is 0 Å². The number of nitrogens with two attached hydrogens (primary N) is 1. The average Bonchev–Trinajstić information content (AvgIpc) is 2.73. The molecule has 2 aromatic rings. The summed E-state index contributed by atoms with van der Waals surface area (Å²) in [5, 5.41) is 0. The summed E-state index contributed by atoms with van der Waals surface area (Å²) in [6.45, 7) is 2.23. The summed E-state index contributed by atoms with van der Waals surface area (Å²) in [5.41, 5.74) is 10.4. The molecule has 1 heterocycles. The molecule has 1 aliphatic heterocycles. The van der Waals surface area contributed by atoms with Crippen LogP contribution in [0.1, 0.15) is 12.5 Å². The SMILES string of the molecule is COc1cc(N)cc(N2c3ccccc3CC2C)c1. The van der Waals surface area contributed by atoms with E-state index in [-0.39, 0.29) is 0 Å². The van der Waals surface area contributed by atoms with Crippen LogP contribution in [-0.4, -0.2) is 13.2 Å². The second kappa shape index (κ2) is 4.50. The van der Waals surface area contributed by atoms with Crippen LogP contribution in [0.2, 0.25) is 0 Å². The number of para-hydroxylation sites is 1. The summed E-state index contributed by atoms with van der Waals surface area (Å²) in [4.78, 5) is 2.33. The lowest BCUT2D eigenvalue weighted by Crippen LogP contribution is -2.23. The first kappa shape index (κ1) is 11.9. The Labute approximate surface area is 113 Å². The van der Waals surface area contributed by atoms with Gasteiger partial charge in [-0.05, 0) is 31.0 Å². The number of ether oxygens (including phenoxy) is 1. The van der Waals surface area contributed by atoms with Crippen LogP contribution in [0, 0.1) is 0 Å². The van der Waals surface area contributed by atoms with E-state index in [0.29, 0.717) is 6.04 Å². The minimum absolute atomic E-state index is 0.434. The van der Waals surface area contributed by atoms with Crippen LogP contribution in [0.3, 0.4) is 0 Å². The molecule has 0 fully saturated rings. The second-order valence-electron chi connectivity index (χ2n) is 5.02. The van der Waals surface area contributed by atoms with Crippen molar-refractivity contribution in [2.45, 2.75) is 19.4 Å². The third kappa shape index (κ3) is 2.01. The maximum absolute atomic E-state index is 5.96. The van der Waals surface area contributed by atoms with Gasteiger partial charge in [0.25, 0.3) is 0 Å². The fraction of sp³-hybridized carbons (Fsp3) is 0.250. The molecule has 1 unspecified atom stereocenters. The molecule has 0 bridgehead atoms. The van der Waals surface area contributed by atoms with E-state index in [0.717, 1.165) is 23.5 Å². The van der Waals surface area contributed by atoms with Crippen molar-refractivity contribution in [1.82, 2.24) is 0 Å². The van der Waals surface area contributed by atoms with Crippen molar-refractivity contribution in [1.29, 1.82) is 0 Å². The number of anilines is 3. The Morgan fingerprint density at radius 1 is 1.21 bits per heavy atom. The predicted molar refractivity (Wildman–Crippen MR) is 79.2 cm³/mol. The molecule has 0 radical (unpaired) electrons. The van der Waals surface area contributed by atoms with Crippen LogP contribution in [0.15, 0.2) is 42.5 Å². The highest BCUT2D eigenvalue weighted by Crippen LogP contribution is 2.39. The van der Waals surface area contributed by atoms with E-state index in [1.165, 1.54) is 11.3 Å². The maximum atomic E-state index is 5.96. The van der Waals surface area contributed by atoms with Crippen LogP contribution in [0.25, 0.3) is 0 Å². The van der Waals surface area contributed by atoms with Gasteiger partial charge in [0.2, 0.25) is 0 Å². The Bertz CT molecular complexity index is 609. The predicted octanol–water partition coefficient (Wildman–Crippen LogP) is 3.36. The Morgan fingerprint density at radius 3 is 2.79 bits per heavy atom. The summed E-state index contributed by atoms with van der Waals surface area (Å²) in [5.74, 6) is 0.798. The third-order valence-electron chi connectivity index (χ3n) is 3.63. The average molecular weight is 254 g/mol. The van der Waals surface area contributed by atoms with Crippen LogP contribution >= 0.6 is 0 Å². The summed E-state index contributed by atoms with van der Waals surface area (Å²) in [7, 11) is 1.67. The first-order chi connectivity index (χ1) is 9.19. The molecule has 3 heteroatoms. The summed E-state index contributed by atoms with van der Waals surface area (Å²) >= 11 is 0. The van der Waals surface area contributed by atoms with Gasteiger partial charge in [-0.1, -0.05) is 18.2 Å². The van der Waals surface area contributed by atoms with Gasteiger partial charge >= 0.3 is 0 Å². The monoisotopic (exact) mass is 254 g/mol. The quantitative estimate of drug-likeness (QED) is 0.835. The van der Waals surface area contributed by atoms with Crippen molar-refractivity contribution >= 4 is 17.1 Å². The van der Waals surface area contributed by atoms with E-state index in [9.17, 15) is 0 Å². The molecule has 0 aromatic heterocycles. The summed E-state index contributed by atoms with van der Waals surface area (Å²) in [6.07, 6.45) is 1.06. The topological polar surface area (TPSA) is 38.5 Å². The van der Waals surface area contributed by atoms with E-state index in [4.69, 9.17) is 10.5 Å². The van der Waals surface area contributed by atoms with E-state index in [1.807, 2.05) is 18.2 Å². The molecule has 3 nitrogen and oxygen atoms in total. The van der Waals surface area contributed by atoms with E-state index < -0.39 is 0 Å². The van der Waals surface area contributed by atoms with Crippen LogP contribution < -0.4 is 15.4 Å². The number of fused-ring (bicyclic) bond motifs is 1. The minimum Gasteiger partial charge on any atom is -0.497 e. The number of rotatable bonds is 2. The Morgan fingerprint density at radius 2 is 2.00 bits per heavy atom. The van der Waals surface area contributed by atoms with Gasteiger partial charge in [0.1, 0.15) is 5.75 Å². The molecule has 19 heavy (non-hydrogen) atoms. The minimum atomic E-state index is 0.434. The largest absolute Gasteiger partial charge is 0.497 e. The van der Waals surface area contributed by atoms with E-state index in [2.05, 4.69) is 36.1 Å². The molecule has 3 rings (SSSR count). The highest BCUT2D eigenvalue weighted by atomic mass is 16.5. The maximum Gasteiger partial charge on any atom is 0.122 e. The first-order valence-corrected chi connectivity index (χ1v) is 6.51. The van der Waals surface area contributed by atoms with Crippen molar-refractivity contribution in [3.63, 3.8) is 0 Å². The smallest absolute Gasteiger partial charge is 0.122 e. The van der Waals surface area contributed by atoms with Crippen LogP contribution in [0.4, 0.5) is 17.1 Å². The molecular weight excluding hydrogens is 236 g/mol. The molecule has 0 saturated carbocycles. The Balaban J connectivity index is 2.09. The van der Waals surface area contributed by atoms with Crippen LogP contribution in [-0.2, 0) is 6.42 Å². The van der Waals surface area contributed by atoms with Crippen molar-refractivity contribution in [3.8, 4) is 5.75 Å². The van der Waals surface area contributed by atoms with Gasteiger partial charge in [0, 0.05) is 35.2 Å². The molecular formula is C16H18N2O. The Hall–Kier alpha value is -2.16. The molecule has 0 spiro atoms. The number of methoxy groups -OCH3 is 1. The van der Waals surface area contributed by atoms with Gasteiger partial charge in [0.05, 0.1) is 7.11 Å². The molecule has 98 valence electrons. The second-order valence-corrected chi connectivity index (χ2v) is 5.02. The molecule has 0 amide bonds. The highest BCUT2D eigenvalue weighted by molar-refractivity contribution is 5.74. The zero-order valence-electron chi connectivity index (χ0n) is 11.3. The van der Waals surface area contributed by atoms with Gasteiger partial charge < -0.3 is 15.4 Å². The molecule has 2 N–H and O–H groups in total. The number of hydrogen-bond donors (Lipinski definition) is 1. The van der Waals surface area contributed by atoms with Gasteiger partial charge in [-0.3, -0.25) is 0 Å². The highest BCUT2D eigenvalue weighted by Gasteiger charge is 2.27. The first-order valence-electron chi connectivity index (χ1n) is 6.51. The molecule has 0 saturated heterocycles. The lowest BCUT2D eigenvalue weighted by atomic mass is 10.1. The van der Waals surface area contributed by atoms with Crippen molar-refractivity contribution < 1.29 is 4.74 Å². The third-order valence-corrected chi connectivity index (χ3v) is 3.63. The number of nitrogen functional groups attached to an aromatic ring is 1. The summed E-state index contributed by atoms with van der Waals surface area (Å²) < 4.78 is 5.31. The standard InChI is InChI=1S/C16H18N2O/c1-11-7-12-5-3-4-6-16(12)18(11)14-8-13(17)9-15(10-14)19-2/h3-6,8-11H,7,17H2,1-2H3. The zero-order chi connectivity index (χ0) is 13.4. The summed E-state index contributed by atoms with van der Waals surface area (Å²) in [6, 6.07) is 14.8. The lowest BCUT2D eigenvalue weighted by Gasteiger charge is -2.25. The van der Waals surface area contributed by atoms with Gasteiger partial charge in [0.15, 0.2) is 0 Å². The number of hydrogen-bond acceptors (Lipinski definition) is 3. The zero-order valence-corrected chi connectivity index (χ0v) is 11.3. The van der Waals surface area contributed by atoms with Crippen molar-refractivity contribution in [2.24, 2.45) is 0 Å². The Kier molecular flexibility index (Phi) is 2.82. The van der Waals surface area contributed by atoms with E-state index >= 15 is 0 Å². The fourth-order valence-corrected chi connectivity index (χ4v) is 2.82. The number of nitrogens with zero attached hydrogens (tertiary/aromatic N) is 1. The molecule has 2 aromatic carbocycles. The fourth-order valence-electron chi connectivity index (χ4n) is 2.82. The lowest BCUT2D eigenvalue weighted by molar-refractivity contribution is 0.415. The van der Waals surface area contributed by atoms with Gasteiger partial charge in [-0.25, -0.2) is 0 Å². The molecule has 1 aliphatic rings. The van der Waals surface area contributed by atoms with Crippen molar-refractivity contribution in [3.05, 3.63) is 48.0 Å². The molecule has 0 aliphatic carbocycles. The molecule has 1 atom stereocenters. The number of benzene rings is 2. The normalized spacial score (nSPS) is 17.4. The van der Waals surface area contributed by atoms with Gasteiger partial charge in [-0.15, -0.1) is 0 Å². The van der Waals surface area contributed by atoms with Crippen molar-refractivity contribution in [2.75, 3.05) is 17.7 Å². The van der Waals surface area contributed by atoms with E-state index in [1.54, 1.807) is 7.11 Å². The van der Waals surface area contributed by atoms with Crippen LogP contribution in [0.5, 0.6) is 5.75 Å².